The van der Waals surface area contributed by atoms with Crippen molar-refractivity contribution in [2.45, 2.75) is 18.6 Å². The number of pyridine rings is 1. The summed E-state index contributed by atoms with van der Waals surface area (Å²) >= 11 is 1.71. The smallest absolute Gasteiger partial charge is 0.276 e. The monoisotopic (exact) mass is 256 g/mol. The van der Waals surface area contributed by atoms with Crippen LogP contribution in [0.25, 0.3) is 0 Å². The largest absolute Gasteiger partial charge is 0.383 e. The molecule has 0 radical (unpaired) electrons. The Kier molecular flexibility index (Phi) is 4.17. The van der Waals surface area contributed by atoms with Crippen molar-refractivity contribution in [3.05, 3.63) is 22.2 Å². The van der Waals surface area contributed by atoms with Gasteiger partial charge in [-0.05, 0) is 20.1 Å². The van der Waals surface area contributed by atoms with E-state index in [4.69, 9.17) is 5.73 Å². The van der Waals surface area contributed by atoms with Crippen LogP contribution in [0.2, 0.25) is 0 Å². The van der Waals surface area contributed by atoms with E-state index in [1.54, 1.807) is 11.8 Å². The molecule has 3 N–H and O–H groups in total. The Morgan fingerprint density at radius 2 is 2.24 bits per heavy atom. The van der Waals surface area contributed by atoms with Crippen LogP contribution in [-0.4, -0.2) is 27.5 Å². The molecule has 0 aliphatic heterocycles. The molecular weight excluding hydrogens is 240 g/mol. The van der Waals surface area contributed by atoms with Crippen LogP contribution < -0.4 is 11.1 Å². The Hall–Kier alpha value is -1.50. The molecule has 6 nitrogen and oxygen atoms in total. The van der Waals surface area contributed by atoms with Gasteiger partial charge in [-0.1, -0.05) is 0 Å². The predicted octanol–water partition coefficient (Wildman–Crippen LogP) is 2.13. The zero-order chi connectivity index (χ0) is 13.1. The number of nitrogens with two attached hydrogens (primary N) is 1. The van der Waals surface area contributed by atoms with Gasteiger partial charge in [-0.25, -0.2) is 4.98 Å². The lowest BCUT2D eigenvalue weighted by Crippen LogP contribution is -2.26. The summed E-state index contributed by atoms with van der Waals surface area (Å²) in [5, 5.41) is 13.7. The first-order valence-electron chi connectivity index (χ1n) is 5.05. The Bertz CT molecular complexity index is 423. The van der Waals surface area contributed by atoms with Crippen molar-refractivity contribution < 1.29 is 4.92 Å². The first kappa shape index (κ1) is 13.6. The van der Waals surface area contributed by atoms with E-state index in [0.29, 0.717) is 12.4 Å². The van der Waals surface area contributed by atoms with Gasteiger partial charge in [0.05, 0.1) is 17.1 Å². The van der Waals surface area contributed by atoms with Crippen LogP contribution in [0.1, 0.15) is 13.8 Å². The summed E-state index contributed by atoms with van der Waals surface area (Å²) in [6.07, 6.45) is 2.01. The van der Waals surface area contributed by atoms with Gasteiger partial charge in [0.15, 0.2) is 0 Å². The van der Waals surface area contributed by atoms with Crippen molar-refractivity contribution in [2.75, 3.05) is 23.9 Å². The van der Waals surface area contributed by atoms with Crippen LogP contribution >= 0.6 is 11.8 Å². The molecule has 0 aromatic carbocycles. The Morgan fingerprint density at radius 1 is 1.59 bits per heavy atom. The lowest BCUT2D eigenvalue weighted by molar-refractivity contribution is -0.384. The Balaban J connectivity index is 2.81. The molecule has 1 rings (SSSR count). The molecule has 0 bridgehead atoms. The van der Waals surface area contributed by atoms with E-state index in [1.165, 1.54) is 12.1 Å². The second-order valence-corrected chi connectivity index (χ2v) is 5.72. The van der Waals surface area contributed by atoms with E-state index < -0.39 is 4.92 Å². The van der Waals surface area contributed by atoms with Crippen LogP contribution in [0, 0.1) is 10.1 Å². The minimum absolute atomic E-state index is 0.0288. The zero-order valence-corrected chi connectivity index (χ0v) is 10.9. The van der Waals surface area contributed by atoms with Crippen molar-refractivity contribution in [3.8, 4) is 0 Å². The minimum Gasteiger partial charge on any atom is -0.383 e. The molecule has 1 aromatic rings. The standard InChI is InChI=1S/C10H16N4O2S/c1-10(2,17-3)6-12-9-5-7(14(15)16)4-8(11)13-9/h4-5H,6H2,1-3H3,(H3,11,12,13). The first-order valence-corrected chi connectivity index (χ1v) is 6.27. The van der Waals surface area contributed by atoms with Gasteiger partial charge >= 0.3 is 0 Å². The number of nitrogen functional groups attached to an aromatic ring is 1. The summed E-state index contributed by atoms with van der Waals surface area (Å²) in [5.74, 6) is 0.572. The number of hydrogen-bond donors (Lipinski definition) is 2. The summed E-state index contributed by atoms with van der Waals surface area (Å²) in [4.78, 5) is 14.2. The van der Waals surface area contributed by atoms with Crippen LogP contribution in [0.3, 0.4) is 0 Å². The normalized spacial score (nSPS) is 11.2. The van der Waals surface area contributed by atoms with Crippen molar-refractivity contribution in [2.24, 2.45) is 0 Å². The molecule has 0 saturated heterocycles. The zero-order valence-electron chi connectivity index (χ0n) is 10.1. The maximum atomic E-state index is 10.7. The number of rotatable bonds is 5. The van der Waals surface area contributed by atoms with Gasteiger partial charge in [0.2, 0.25) is 0 Å². The quantitative estimate of drug-likeness (QED) is 0.619. The number of aromatic nitrogens is 1. The van der Waals surface area contributed by atoms with Crippen LogP contribution in [0.15, 0.2) is 12.1 Å². The van der Waals surface area contributed by atoms with Gasteiger partial charge in [0.25, 0.3) is 5.69 Å². The highest BCUT2D eigenvalue weighted by Gasteiger charge is 2.17. The second kappa shape index (κ2) is 5.22. The van der Waals surface area contributed by atoms with Crippen molar-refractivity contribution in [1.82, 2.24) is 4.98 Å². The van der Waals surface area contributed by atoms with E-state index in [1.807, 2.05) is 6.26 Å². The van der Waals surface area contributed by atoms with Gasteiger partial charge < -0.3 is 11.1 Å². The highest BCUT2D eigenvalue weighted by Crippen LogP contribution is 2.23. The highest BCUT2D eigenvalue weighted by atomic mass is 32.2. The fourth-order valence-electron chi connectivity index (χ4n) is 1.11. The van der Waals surface area contributed by atoms with E-state index in [2.05, 4.69) is 24.1 Å². The summed E-state index contributed by atoms with van der Waals surface area (Å²) in [5.41, 5.74) is 5.45. The fourth-order valence-corrected chi connectivity index (χ4v) is 1.32. The van der Waals surface area contributed by atoms with Gasteiger partial charge in [0, 0.05) is 11.3 Å². The molecule has 0 unspecified atom stereocenters. The maximum Gasteiger partial charge on any atom is 0.276 e. The molecule has 0 amide bonds. The molecule has 94 valence electrons. The number of hydrogen-bond acceptors (Lipinski definition) is 6. The molecule has 1 heterocycles. The Labute approximate surface area is 104 Å². The summed E-state index contributed by atoms with van der Waals surface area (Å²) in [6.45, 7) is 4.80. The highest BCUT2D eigenvalue weighted by molar-refractivity contribution is 7.99. The maximum absolute atomic E-state index is 10.7. The summed E-state index contributed by atoms with van der Waals surface area (Å²) in [7, 11) is 0. The lowest BCUT2D eigenvalue weighted by atomic mass is 10.2. The molecule has 0 atom stereocenters. The number of nitrogens with zero attached hydrogens (tertiary/aromatic N) is 2. The van der Waals surface area contributed by atoms with Crippen LogP contribution in [0.4, 0.5) is 17.3 Å². The van der Waals surface area contributed by atoms with E-state index >= 15 is 0 Å². The molecule has 0 fully saturated rings. The SMILES string of the molecule is CSC(C)(C)CNc1cc([N+](=O)[O-])cc(N)n1. The number of nitro groups is 1. The molecule has 7 heteroatoms. The molecule has 1 aromatic heterocycles. The third-order valence-corrected chi connectivity index (χ3v) is 3.54. The Morgan fingerprint density at radius 3 is 2.76 bits per heavy atom. The summed E-state index contributed by atoms with van der Waals surface area (Å²) < 4.78 is 0.0288. The van der Waals surface area contributed by atoms with Crippen LogP contribution in [0.5, 0.6) is 0 Å². The molecule has 0 spiro atoms. The minimum atomic E-state index is -0.483. The van der Waals surface area contributed by atoms with E-state index in [0.717, 1.165) is 0 Å². The summed E-state index contributed by atoms with van der Waals surface area (Å²) in [6, 6.07) is 2.62. The number of anilines is 2. The number of nitrogens with one attached hydrogen (secondary N) is 1. The molecule has 0 aliphatic carbocycles. The van der Waals surface area contributed by atoms with Gasteiger partial charge in [0.1, 0.15) is 11.6 Å². The fraction of sp³-hybridized carbons (Fsp3) is 0.500. The average Bonchev–Trinajstić information content (AvgIpc) is 2.26. The second-order valence-electron chi connectivity index (χ2n) is 4.21. The predicted molar refractivity (Wildman–Crippen MR) is 71.4 cm³/mol. The molecule has 0 aliphatic rings. The third kappa shape index (κ3) is 4.10. The van der Waals surface area contributed by atoms with Gasteiger partial charge in [-0.3, -0.25) is 10.1 Å². The average molecular weight is 256 g/mol. The lowest BCUT2D eigenvalue weighted by Gasteiger charge is -2.22. The molecule has 17 heavy (non-hydrogen) atoms. The van der Waals surface area contributed by atoms with Crippen LogP contribution in [-0.2, 0) is 0 Å². The third-order valence-electron chi connectivity index (χ3n) is 2.29. The van der Waals surface area contributed by atoms with Crippen molar-refractivity contribution in [1.29, 1.82) is 0 Å². The van der Waals surface area contributed by atoms with E-state index in [-0.39, 0.29) is 16.3 Å². The molecule has 0 saturated carbocycles. The van der Waals surface area contributed by atoms with E-state index in [9.17, 15) is 10.1 Å². The van der Waals surface area contributed by atoms with Crippen molar-refractivity contribution >= 4 is 29.1 Å². The first-order chi connectivity index (χ1) is 7.84. The van der Waals surface area contributed by atoms with Crippen molar-refractivity contribution in [3.63, 3.8) is 0 Å². The number of thioether (sulfide) groups is 1. The van der Waals surface area contributed by atoms with Gasteiger partial charge in [-0.15, -0.1) is 0 Å². The molecular formula is C10H16N4O2S. The van der Waals surface area contributed by atoms with Gasteiger partial charge in [-0.2, -0.15) is 11.8 Å². The topological polar surface area (TPSA) is 94.1 Å².